The largest absolute Gasteiger partial charge is 0.490 e. The van der Waals surface area contributed by atoms with E-state index in [1.807, 2.05) is 18.7 Å². The van der Waals surface area contributed by atoms with Crippen LogP contribution in [0.25, 0.3) is 0 Å². The number of likely N-dealkylation sites (tertiary alicyclic amines) is 1. The first-order chi connectivity index (χ1) is 18.6. The van der Waals surface area contributed by atoms with Gasteiger partial charge in [0.15, 0.2) is 5.75 Å². The maximum absolute atomic E-state index is 14.3. The molecule has 9 nitrogen and oxygen atoms in total. The second-order valence-electron chi connectivity index (χ2n) is 11.0. The van der Waals surface area contributed by atoms with Gasteiger partial charge in [-0.25, -0.2) is 23.5 Å². The molecule has 1 aromatic carbocycles. The van der Waals surface area contributed by atoms with Crippen LogP contribution < -0.4 is 21.1 Å². The quantitative estimate of drug-likeness (QED) is 0.382. The van der Waals surface area contributed by atoms with E-state index >= 15 is 0 Å². The Morgan fingerprint density at radius 1 is 1.15 bits per heavy atom. The average Bonchev–Trinajstić information content (AvgIpc) is 3.31. The lowest BCUT2D eigenvalue weighted by molar-refractivity contribution is 0.149. The summed E-state index contributed by atoms with van der Waals surface area (Å²) >= 11 is 0. The van der Waals surface area contributed by atoms with Crippen molar-refractivity contribution >= 4 is 17.8 Å². The Morgan fingerprint density at radius 2 is 1.85 bits per heavy atom. The highest BCUT2D eigenvalue weighted by Gasteiger charge is 2.34. The Kier molecular flexibility index (Phi) is 9.32. The third-order valence-electron chi connectivity index (χ3n) is 7.89. The molecule has 3 atom stereocenters. The number of ether oxygens (including phenoxy) is 1. The molecule has 2 saturated heterocycles. The summed E-state index contributed by atoms with van der Waals surface area (Å²) in [6.07, 6.45) is 5.99. The Bertz CT molecular complexity index is 1150. The van der Waals surface area contributed by atoms with E-state index in [0.29, 0.717) is 62.2 Å². The third kappa shape index (κ3) is 7.20. The summed E-state index contributed by atoms with van der Waals surface area (Å²) in [5, 5.41) is 0. The van der Waals surface area contributed by atoms with Crippen LogP contribution in [0.2, 0.25) is 0 Å². The normalized spacial score (nSPS) is 21.5. The molecule has 0 bridgehead atoms. The maximum atomic E-state index is 14.3. The van der Waals surface area contributed by atoms with Gasteiger partial charge in [-0.3, -0.25) is 0 Å². The van der Waals surface area contributed by atoms with E-state index in [1.54, 1.807) is 17.3 Å². The van der Waals surface area contributed by atoms with E-state index < -0.39 is 11.6 Å². The Labute approximate surface area is 228 Å². The van der Waals surface area contributed by atoms with Crippen LogP contribution in [0.3, 0.4) is 0 Å². The Hall–Kier alpha value is -3.34. The number of carbonyl (C=O) groups excluding carboxylic acids is 1. The number of aromatic nitrogens is 2. The van der Waals surface area contributed by atoms with Gasteiger partial charge in [-0.15, -0.1) is 0 Å². The highest BCUT2D eigenvalue weighted by atomic mass is 19.1. The molecule has 1 aromatic heterocycles. The monoisotopic (exact) mass is 543 g/mol. The van der Waals surface area contributed by atoms with E-state index in [9.17, 15) is 13.6 Å². The lowest BCUT2D eigenvalue weighted by atomic mass is 9.84. The lowest BCUT2D eigenvalue weighted by Gasteiger charge is -2.34. The van der Waals surface area contributed by atoms with E-state index in [1.165, 1.54) is 6.07 Å². The van der Waals surface area contributed by atoms with Gasteiger partial charge >= 0.3 is 6.03 Å². The van der Waals surface area contributed by atoms with Crippen LogP contribution in [0.4, 0.5) is 19.5 Å². The molecule has 0 spiro atoms. The first-order valence-corrected chi connectivity index (χ1v) is 13.7. The zero-order valence-corrected chi connectivity index (χ0v) is 22.9. The number of hydrogen-bond acceptors (Lipinski definition) is 6. The van der Waals surface area contributed by atoms with Crippen molar-refractivity contribution in [3.8, 4) is 5.75 Å². The molecular formula is C28H39F2N7O2. The number of benzene rings is 1. The summed E-state index contributed by atoms with van der Waals surface area (Å²) in [6.45, 7) is 8.81. The van der Waals surface area contributed by atoms with Gasteiger partial charge in [0, 0.05) is 44.1 Å². The number of halogens is 2. The number of amidine groups is 1. The zero-order chi connectivity index (χ0) is 28.1. The fourth-order valence-electron chi connectivity index (χ4n) is 5.24. The summed E-state index contributed by atoms with van der Waals surface area (Å²) in [6, 6.07) is 2.84. The van der Waals surface area contributed by atoms with Crippen molar-refractivity contribution in [2.75, 3.05) is 37.7 Å². The van der Waals surface area contributed by atoms with Gasteiger partial charge < -0.3 is 26.0 Å². The number of aliphatic imine (C=N–C) groups is 1. The summed E-state index contributed by atoms with van der Waals surface area (Å²) in [7, 11) is 0. The van der Waals surface area contributed by atoms with E-state index in [2.05, 4.69) is 21.9 Å². The van der Waals surface area contributed by atoms with Crippen molar-refractivity contribution in [1.82, 2.24) is 14.9 Å². The van der Waals surface area contributed by atoms with Crippen molar-refractivity contribution in [3.05, 3.63) is 47.8 Å². The highest BCUT2D eigenvalue weighted by molar-refractivity contribution is 5.93. The number of amides is 2. The van der Waals surface area contributed by atoms with Gasteiger partial charge in [-0.1, -0.05) is 20.8 Å². The van der Waals surface area contributed by atoms with Gasteiger partial charge in [0.2, 0.25) is 5.95 Å². The van der Waals surface area contributed by atoms with Crippen LogP contribution in [0.5, 0.6) is 5.75 Å². The van der Waals surface area contributed by atoms with Crippen molar-refractivity contribution in [2.24, 2.45) is 34.2 Å². The predicted octanol–water partition coefficient (Wildman–Crippen LogP) is 3.94. The number of nitrogens with two attached hydrogens (primary N) is 2. The average molecular weight is 544 g/mol. The first-order valence-electron chi connectivity index (χ1n) is 13.7. The molecular weight excluding hydrogens is 504 g/mol. The first kappa shape index (κ1) is 28.7. The molecule has 2 amide bonds. The zero-order valence-electron chi connectivity index (χ0n) is 22.9. The molecule has 2 aliphatic heterocycles. The molecule has 0 saturated carbocycles. The van der Waals surface area contributed by atoms with Crippen molar-refractivity contribution < 1.29 is 18.3 Å². The van der Waals surface area contributed by atoms with Gasteiger partial charge in [0.05, 0.1) is 19.0 Å². The maximum Gasteiger partial charge on any atom is 0.345 e. The number of nitrogens with zero attached hydrogens (tertiary/aromatic N) is 5. The Morgan fingerprint density at radius 3 is 2.51 bits per heavy atom. The molecule has 39 heavy (non-hydrogen) atoms. The van der Waals surface area contributed by atoms with E-state index in [4.69, 9.17) is 16.2 Å². The molecule has 4 N–H and O–H groups in total. The summed E-state index contributed by atoms with van der Waals surface area (Å²) in [4.78, 5) is 28.9. The molecule has 4 rings (SSSR count). The molecule has 11 heteroatoms. The van der Waals surface area contributed by atoms with Crippen LogP contribution in [0.15, 0.2) is 35.6 Å². The van der Waals surface area contributed by atoms with Crippen molar-refractivity contribution in [3.63, 3.8) is 0 Å². The minimum absolute atomic E-state index is 0.0525. The fourth-order valence-corrected chi connectivity index (χ4v) is 5.24. The molecule has 0 aliphatic carbocycles. The SMILES string of the molecule is CC(C)C(N)=NC(=O)N1CCC(C(C)CCOc2cnc(N3CC(N)C(c4cc(F)ccc4F)C3)nc2)CC1. The van der Waals surface area contributed by atoms with Crippen LogP contribution in [-0.4, -0.2) is 65.6 Å². The Balaban J connectivity index is 1.21. The molecule has 212 valence electrons. The highest BCUT2D eigenvalue weighted by Crippen LogP contribution is 2.31. The second-order valence-corrected chi connectivity index (χ2v) is 11.0. The second kappa shape index (κ2) is 12.7. The fraction of sp³-hybridized carbons (Fsp3) is 0.571. The number of rotatable bonds is 8. The minimum atomic E-state index is -0.484. The van der Waals surface area contributed by atoms with Crippen LogP contribution in [-0.2, 0) is 0 Å². The number of anilines is 1. The molecule has 3 unspecified atom stereocenters. The molecule has 3 heterocycles. The van der Waals surface area contributed by atoms with E-state index in [0.717, 1.165) is 31.4 Å². The predicted molar refractivity (Wildman–Crippen MR) is 147 cm³/mol. The number of carbonyl (C=O) groups is 1. The molecule has 2 aliphatic rings. The van der Waals surface area contributed by atoms with Gasteiger partial charge in [-0.05, 0) is 54.9 Å². The standard InChI is InChI=1S/C28H39F2N7O2/c1-17(2)26(32)35-28(38)36-9-6-19(7-10-36)18(3)8-11-39-21-13-33-27(34-14-21)37-15-23(25(31)16-37)22-12-20(29)4-5-24(22)30/h4-5,12-14,17-19,23,25H,6-11,15-16,31H2,1-3H3,(H2,32,35,38). The summed E-state index contributed by atoms with van der Waals surface area (Å²) in [5.74, 6) is 1.14. The summed E-state index contributed by atoms with van der Waals surface area (Å²) in [5.41, 5.74) is 12.4. The summed E-state index contributed by atoms with van der Waals surface area (Å²) < 4.78 is 33.8. The van der Waals surface area contributed by atoms with Crippen LogP contribution in [0, 0.1) is 29.4 Å². The lowest BCUT2D eigenvalue weighted by Crippen LogP contribution is -2.39. The molecule has 2 aromatic rings. The topological polar surface area (TPSA) is 123 Å². The van der Waals surface area contributed by atoms with Gasteiger partial charge in [-0.2, -0.15) is 4.99 Å². The third-order valence-corrected chi connectivity index (χ3v) is 7.89. The van der Waals surface area contributed by atoms with Crippen molar-refractivity contribution in [2.45, 2.75) is 52.0 Å². The van der Waals surface area contributed by atoms with E-state index in [-0.39, 0.29) is 29.5 Å². The van der Waals surface area contributed by atoms with Gasteiger partial charge in [0.1, 0.15) is 17.5 Å². The van der Waals surface area contributed by atoms with Crippen molar-refractivity contribution in [1.29, 1.82) is 0 Å². The smallest absolute Gasteiger partial charge is 0.345 e. The number of hydrogen-bond donors (Lipinski definition) is 2. The molecule has 2 fully saturated rings. The van der Waals surface area contributed by atoms with Crippen LogP contribution >= 0.6 is 0 Å². The number of urea groups is 1. The number of piperidine rings is 1. The minimum Gasteiger partial charge on any atom is -0.490 e. The molecule has 0 radical (unpaired) electrons. The van der Waals surface area contributed by atoms with Gasteiger partial charge in [0.25, 0.3) is 0 Å². The van der Waals surface area contributed by atoms with Crippen LogP contribution in [0.1, 0.15) is 51.5 Å².